The van der Waals surface area contributed by atoms with Crippen molar-refractivity contribution in [3.05, 3.63) is 0 Å². The normalized spacial score (nSPS) is 42.8. The summed E-state index contributed by atoms with van der Waals surface area (Å²) < 4.78 is 12.7. The van der Waals surface area contributed by atoms with Gasteiger partial charge in [-0.25, -0.2) is 0 Å². The Bertz CT molecular complexity index is 816. The van der Waals surface area contributed by atoms with Crippen LogP contribution in [0.15, 0.2) is 0 Å². The standard InChI is InChI=1S/C35H64O3Si/c1-10-25-19-20-34(7)27(21-25)23-31(38-39(12-3,13-4)14-5)33-29-17-16-28(24(6)15-18-32(36)37-9)35(29,8)26(11-2)22-30(33)34/h24-31,33H,10-23H2,1-9H3/t24-,25-,26+,27+,28-,29+,30+,31?,33?,34+,35-/m1/s1. The quantitative estimate of drug-likeness (QED) is 0.186. The molecule has 0 aromatic heterocycles. The van der Waals surface area contributed by atoms with Gasteiger partial charge in [0.05, 0.1) is 7.11 Å². The predicted molar refractivity (Wildman–Crippen MR) is 166 cm³/mol. The Morgan fingerprint density at radius 2 is 1.62 bits per heavy atom. The van der Waals surface area contributed by atoms with Gasteiger partial charge in [-0.2, -0.15) is 0 Å². The van der Waals surface area contributed by atoms with Crippen LogP contribution in [0.4, 0.5) is 0 Å². The van der Waals surface area contributed by atoms with Gasteiger partial charge < -0.3 is 9.16 Å². The molecule has 4 aliphatic rings. The molecule has 4 saturated carbocycles. The number of hydrogen-bond acceptors (Lipinski definition) is 3. The van der Waals surface area contributed by atoms with E-state index in [9.17, 15) is 4.79 Å². The Balaban J connectivity index is 1.71. The number of ether oxygens (including phenoxy) is 1. The Labute approximate surface area is 243 Å². The van der Waals surface area contributed by atoms with Crippen LogP contribution in [0.3, 0.4) is 0 Å². The third-order valence-electron chi connectivity index (χ3n) is 14.3. The Kier molecular flexibility index (Phi) is 10.1. The number of rotatable bonds is 11. The monoisotopic (exact) mass is 560 g/mol. The van der Waals surface area contributed by atoms with Gasteiger partial charge in [0.25, 0.3) is 0 Å². The van der Waals surface area contributed by atoms with E-state index in [1.165, 1.54) is 83.0 Å². The van der Waals surface area contributed by atoms with Crippen LogP contribution < -0.4 is 0 Å². The number of carbonyl (C=O) groups excluding carboxylic acids is 1. The predicted octanol–water partition coefficient (Wildman–Crippen LogP) is 9.90. The topological polar surface area (TPSA) is 35.5 Å². The van der Waals surface area contributed by atoms with Gasteiger partial charge >= 0.3 is 5.97 Å². The van der Waals surface area contributed by atoms with Gasteiger partial charge in [-0.05, 0) is 128 Å². The van der Waals surface area contributed by atoms with Gasteiger partial charge in [-0.1, -0.05) is 68.2 Å². The largest absolute Gasteiger partial charge is 0.469 e. The molecule has 4 aliphatic carbocycles. The van der Waals surface area contributed by atoms with E-state index in [2.05, 4.69) is 55.4 Å². The van der Waals surface area contributed by atoms with E-state index in [0.717, 1.165) is 41.9 Å². The number of carbonyl (C=O) groups is 1. The summed E-state index contributed by atoms with van der Waals surface area (Å²) in [6.45, 7) is 20.1. The molecule has 0 aromatic carbocycles. The Hall–Kier alpha value is -0.353. The number of hydrogen-bond donors (Lipinski definition) is 0. The second-order valence-corrected chi connectivity index (χ2v) is 19.9. The van der Waals surface area contributed by atoms with Crippen LogP contribution in [0.5, 0.6) is 0 Å². The van der Waals surface area contributed by atoms with Crippen LogP contribution in [-0.2, 0) is 14.0 Å². The van der Waals surface area contributed by atoms with Gasteiger partial charge in [0.2, 0.25) is 0 Å². The third kappa shape index (κ3) is 5.45. The molecule has 0 amide bonds. The maximum absolute atomic E-state index is 12.0. The van der Waals surface area contributed by atoms with E-state index in [1.807, 2.05) is 0 Å². The summed E-state index contributed by atoms with van der Waals surface area (Å²) in [5.74, 6) is 6.13. The van der Waals surface area contributed by atoms with E-state index in [4.69, 9.17) is 9.16 Å². The van der Waals surface area contributed by atoms with Crippen molar-refractivity contribution in [3.8, 4) is 0 Å². The van der Waals surface area contributed by atoms with E-state index < -0.39 is 8.32 Å². The van der Waals surface area contributed by atoms with Crippen molar-refractivity contribution in [1.29, 1.82) is 0 Å². The molecule has 2 unspecified atom stereocenters. The average molecular weight is 561 g/mol. The summed E-state index contributed by atoms with van der Waals surface area (Å²) in [6.07, 6.45) is 14.5. The molecule has 0 heterocycles. The minimum absolute atomic E-state index is 0.0420. The SMILES string of the molecule is CC[C@@H]1CC[C@@]2(C)[C@H](CC(O[Si](CC)(CC)CC)C3[C@@H]2C[C@H](CC)[C@]2(C)[C@@H]([C@H](C)CCC(=O)OC)CC[C@@H]32)C1. The highest BCUT2D eigenvalue weighted by molar-refractivity contribution is 6.73. The molecule has 0 spiro atoms. The van der Waals surface area contributed by atoms with E-state index >= 15 is 0 Å². The summed E-state index contributed by atoms with van der Waals surface area (Å²) in [6, 6.07) is 3.79. The van der Waals surface area contributed by atoms with Crippen LogP contribution in [0, 0.1) is 58.2 Å². The molecule has 4 heteroatoms. The maximum atomic E-state index is 12.0. The van der Waals surface area contributed by atoms with Crippen LogP contribution in [0.2, 0.25) is 18.1 Å². The molecule has 4 rings (SSSR count). The van der Waals surface area contributed by atoms with Crippen molar-refractivity contribution in [3.63, 3.8) is 0 Å². The summed E-state index contributed by atoms with van der Waals surface area (Å²) in [5, 5.41) is 0. The van der Waals surface area contributed by atoms with Crippen molar-refractivity contribution in [1.82, 2.24) is 0 Å². The highest BCUT2D eigenvalue weighted by Gasteiger charge is 2.66. The zero-order valence-corrected chi connectivity index (χ0v) is 28.3. The van der Waals surface area contributed by atoms with Crippen LogP contribution in [0.1, 0.15) is 126 Å². The van der Waals surface area contributed by atoms with Gasteiger partial charge in [-0.3, -0.25) is 4.79 Å². The molecule has 0 bridgehead atoms. The first-order valence-corrected chi connectivity index (χ1v) is 19.8. The molecule has 3 nitrogen and oxygen atoms in total. The number of fused-ring (bicyclic) bond motifs is 5. The molecule has 0 aliphatic heterocycles. The van der Waals surface area contributed by atoms with Crippen LogP contribution in [-0.4, -0.2) is 27.5 Å². The molecule has 11 atom stereocenters. The van der Waals surface area contributed by atoms with Gasteiger partial charge in [0.15, 0.2) is 8.32 Å². The second-order valence-electron chi connectivity index (χ2n) is 15.2. The Morgan fingerprint density at radius 1 is 0.923 bits per heavy atom. The first-order chi connectivity index (χ1) is 18.6. The lowest BCUT2D eigenvalue weighted by molar-refractivity contribution is -0.185. The van der Waals surface area contributed by atoms with Gasteiger partial charge in [0.1, 0.15) is 0 Å². The molecule has 39 heavy (non-hydrogen) atoms. The molecule has 0 aromatic rings. The van der Waals surface area contributed by atoms with Crippen molar-refractivity contribution in [2.45, 2.75) is 150 Å². The molecule has 0 radical (unpaired) electrons. The average Bonchev–Trinajstić information content (AvgIpc) is 3.31. The fraction of sp³-hybridized carbons (Fsp3) is 0.971. The maximum Gasteiger partial charge on any atom is 0.305 e. The molecule has 4 fully saturated rings. The highest BCUT2D eigenvalue weighted by Crippen LogP contribution is 2.71. The van der Waals surface area contributed by atoms with E-state index in [1.54, 1.807) is 0 Å². The van der Waals surface area contributed by atoms with Gasteiger partial charge in [-0.15, -0.1) is 0 Å². The van der Waals surface area contributed by atoms with E-state index in [0.29, 0.717) is 35.2 Å². The van der Waals surface area contributed by atoms with Crippen molar-refractivity contribution in [2.24, 2.45) is 58.2 Å². The van der Waals surface area contributed by atoms with E-state index in [-0.39, 0.29) is 5.97 Å². The van der Waals surface area contributed by atoms with Crippen molar-refractivity contribution < 1.29 is 14.0 Å². The molecular formula is C35H64O3Si. The summed E-state index contributed by atoms with van der Waals surface area (Å²) in [4.78, 5) is 12.0. The zero-order chi connectivity index (χ0) is 28.6. The van der Waals surface area contributed by atoms with Crippen molar-refractivity contribution >= 4 is 14.3 Å². The minimum Gasteiger partial charge on any atom is -0.469 e. The highest BCUT2D eigenvalue weighted by atomic mass is 28.4. The fourth-order valence-corrected chi connectivity index (χ4v) is 14.4. The smallest absolute Gasteiger partial charge is 0.305 e. The van der Waals surface area contributed by atoms with Crippen LogP contribution >= 0.6 is 0 Å². The Morgan fingerprint density at radius 3 is 2.21 bits per heavy atom. The summed E-state index contributed by atoms with van der Waals surface area (Å²) in [5.41, 5.74) is 0.861. The fourth-order valence-electron chi connectivity index (χ4n) is 11.5. The molecular weight excluding hydrogens is 496 g/mol. The lowest BCUT2D eigenvalue weighted by atomic mass is 9.41. The summed E-state index contributed by atoms with van der Waals surface area (Å²) >= 11 is 0. The first-order valence-electron chi connectivity index (χ1n) is 17.3. The van der Waals surface area contributed by atoms with Gasteiger partial charge in [0, 0.05) is 12.5 Å². The second kappa shape index (κ2) is 12.5. The molecule has 0 N–H and O–H groups in total. The summed E-state index contributed by atoms with van der Waals surface area (Å²) in [7, 11) is -0.167. The number of methoxy groups -OCH3 is 1. The van der Waals surface area contributed by atoms with Crippen LogP contribution in [0.25, 0.3) is 0 Å². The first kappa shape index (κ1) is 31.6. The lowest BCUT2D eigenvalue weighted by Crippen LogP contribution is -2.62. The van der Waals surface area contributed by atoms with Crippen molar-refractivity contribution in [2.75, 3.05) is 7.11 Å². The zero-order valence-electron chi connectivity index (χ0n) is 27.3. The third-order valence-corrected chi connectivity index (χ3v) is 19.0. The molecule has 226 valence electrons. The lowest BCUT2D eigenvalue weighted by Gasteiger charge is -2.66. The minimum atomic E-state index is -1.70. The number of esters is 1. The molecule has 0 saturated heterocycles.